The predicted molar refractivity (Wildman–Crippen MR) is 128 cm³/mol. The van der Waals surface area contributed by atoms with Crippen LogP contribution >= 0.6 is 0 Å². The molecular weight excluding hydrogens is 416 g/mol. The van der Waals surface area contributed by atoms with Crippen LogP contribution in [0.25, 0.3) is 11.1 Å². The van der Waals surface area contributed by atoms with Crippen LogP contribution in [0, 0.1) is 5.41 Å². The summed E-state index contributed by atoms with van der Waals surface area (Å²) in [5, 5.41) is 3.19. The van der Waals surface area contributed by atoms with E-state index in [4.69, 9.17) is 9.47 Å². The van der Waals surface area contributed by atoms with Gasteiger partial charge in [-0.2, -0.15) is 0 Å². The average Bonchev–Trinajstić information content (AvgIpc) is 3.11. The zero-order valence-corrected chi connectivity index (χ0v) is 20.0. The molecule has 1 saturated carbocycles. The van der Waals surface area contributed by atoms with E-state index in [0.717, 1.165) is 59.4 Å². The van der Waals surface area contributed by atoms with E-state index < -0.39 is 0 Å². The van der Waals surface area contributed by atoms with Crippen molar-refractivity contribution in [3.63, 3.8) is 0 Å². The summed E-state index contributed by atoms with van der Waals surface area (Å²) < 4.78 is 11.5. The number of urea groups is 1. The summed E-state index contributed by atoms with van der Waals surface area (Å²) in [6, 6.07) is 14.0. The maximum atomic E-state index is 12.8. The fourth-order valence-electron chi connectivity index (χ4n) is 5.47. The van der Waals surface area contributed by atoms with Crippen LogP contribution in [0.3, 0.4) is 0 Å². The van der Waals surface area contributed by atoms with E-state index in [1.54, 1.807) is 7.11 Å². The maximum absolute atomic E-state index is 12.8. The molecule has 0 aliphatic heterocycles. The highest BCUT2D eigenvalue weighted by atomic mass is 16.5. The lowest BCUT2D eigenvalue weighted by Crippen LogP contribution is -2.46. The van der Waals surface area contributed by atoms with Crippen molar-refractivity contribution in [1.82, 2.24) is 10.2 Å². The Hall–Kier alpha value is -2.86. The summed E-state index contributed by atoms with van der Waals surface area (Å²) in [7, 11) is 3.16. The van der Waals surface area contributed by atoms with Gasteiger partial charge in [0.1, 0.15) is 5.75 Å². The summed E-state index contributed by atoms with van der Waals surface area (Å²) in [6.45, 7) is 4.16. The second kappa shape index (κ2) is 9.56. The number of nitrogens with zero attached hydrogens (tertiary/aromatic N) is 1. The predicted octanol–water partition coefficient (Wildman–Crippen LogP) is 5.11. The molecule has 1 N–H and O–H groups in total. The molecule has 2 aromatic carbocycles. The van der Waals surface area contributed by atoms with Crippen molar-refractivity contribution in [3.8, 4) is 16.9 Å². The van der Waals surface area contributed by atoms with Crippen LogP contribution < -0.4 is 10.1 Å². The van der Waals surface area contributed by atoms with E-state index in [2.05, 4.69) is 43.4 Å². The van der Waals surface area contributed by atoms with Crippen molar-refractivity contribution >= 4 is 12.4 Å². The number of imide groups is 1. The number of hydrogen-bond acceptors (Lipinski definition) is 4. The number of amides is 3. The number of fused-ring (bicyclic) bond motifs is 1. The molecule has 0 saturated heterocycles. The third kappa shape index (κ3) is 4.76. The largest absolute Gasteiger partial charge is 0.497 e. The van der Waals surface area contributed by atoms with Crippen LogP contribution in [0.5, 0.6) is 5.75 Å². The Kier molecular flexibility index (Phi) is 6.75. The summed E-state index contributed by atoms with van der Waals surface area (Å²) in [4.78, 5) is 25.0. The molecule has 0 aromatic heterocycles. The molecule has 1 atom stereocenters. The van der Waals surface area contributed by atoms with Gasteiger partial charge in [-0.3, -0.25) is 9.69 Å². The molecule has 0 bridgehead atoms. The summed E-state index contributed by atoms with van der Waals surface area (Å²) >= 11 is 0. The minimum absolute atomic E-state index is 0.0639. The highest BCUT2D eigenvalue weighted by molar-refractivity contribution is 5.84. The lowest BCUT2D eigenvalue weighted by atomic mass is 9.68. The number of benzene rings is 2. The smallest absolute Gasteiger partial charge is 0.324 e. The van der Waals surface area contributed by atoms with Crippen molar-refractivity contribution in [3.05, 3.63) is 53.6 Å². The van der Waals surface area contributed by atoms with Gasteiger partial charge < -0.3 is 14.8 Å². The topological polar surface area (TPSA) is 67.9 Å². The van der Waals surface area contributed by atoms with Crippen molar-refractivity contribution < 1.29 is 19.1 Å². The van der Waals surface area contributed by atoms with Crippen LogP contribution in [0.1, 0.15) is 56.7 Å². The molecule has 1 unspecified atom stereocenters. The van der Waals surface area contributed by atoms with E-state index in [1.807, 2.05) is 18.2 Å². The molecule has 2 aliphatic carbocycles. The fraction of sp³-hybridized carbons (Fsp3) is 0.481. The standard InChI is InChI=1S/C27H34N2O4/c1-18(2)33-22-10-12-27(13-11-22)16-21-9-8-20(19-6-5-7-23(14-19)32-4)15-24(21)25(27)28-26(31)29(3)17-30/h5-9,14-15,17-18,22,25H,10-13,16H2,1-4H3,(H,28,31). The van der Waals surface area contributed by atoms with Crippen LogP contribution in [0.2, 0.25) is 0 Å². The normalized spacial score (nSPS) is 23.9. The molecule has 0 heterocycles. The monoisotopic (exact) mass is 450 g/mol. The Morgan fingerprint density at radius 1 is 1.15 bits per heavy atom. The highest BCUT2D eigenvalue weighted by Crippen LogP contribution is 2.55. The van der Waals surface area contributed by atoms with E-state index in [0.29, 0.717) is 6.41 Å². The quantitative estimate of drug-likeness (QED) is 0.621. The van der Waals surface area contributed by atoms with E-state index in [1.165, 1.54) is 12.6 Å². The summed E-state index contributed by atoms with van der Waals surface area (Å²) in [5.41, 5.74) is 4.51. The van der Waals surface area contributed by atoms with E-state index in [-0.39, 0.29) is 29.7 Å². The number of rotatable bonds is 6. The van der Waals surface area contributed by atoms with Crippen molar-refractivity contribution in [2.24, 2.45) is 5.41 Å². The van der Waals surface area contributed by atoms with Gasteiger partial charge >= 0.3 is 6.03 Å². The number of methoxy groups -OCH3 is 1. The molecule has 6 heteroatoms. The van der Waals surface area contributed by atoms with Gasteiger partial charge in [0.25, 0.3) is 0 Å². The van der Waals surface area contributed by atoms with Crippen molar-refractivity contribution in [2.75, 3.05) is 14.2 Å². The zero-order valence-electron chi connectivity index (χ0n) is 20.0. The number of carbonyl (C=O) groups excluding carboxylic acids is 2. The number of carbonyl (C=O) groups is 2. The lowest BCUT2D eigenvalue weighted by Gasteiger charge is -2.42. The summed E-state index contributed by atoms with van der Waals surface area (Å²) in [6.07, 6.45) is 5.86. The third-order valence-corrected chi connectivity index (χ3v) is 7.15. The Labute approximate surface area is 196 Å². The number of nitrogens with one attached hydrogen (secondary N) is 1. The van der Waals surface area contributed by atoms with Crippen LogP contribution in [0.4, 0.5) is 4.79 Å². The molecule has 176 valence electrons. The van der Waals surface area contributed by atoms with Gasteiger partial charge in [0, 0.05) is 7.05 Å². The molecule has 1 spiro atoms. The molecule has 4 rings (SSSR count). The van der Waals surface area contributed by atoms with Gasteiger partial charge in [0.05, 0.1) is 25.4 Å². The Balaban J connectivity index is 1.67. The molecular formula is C27H34N2O4. The van der Waals surface area contributed by atoms with E-state index in [9.17, 15) is 9.59 Å². The minimum atomic E-state index is -0.366. The Bertz CT molecular complexity index is 1010. The fourth-order valence-corrected chi connectivity index (χ4v) is 5.47. The van der Waals surface area contributed by atoms with Gasteiger partial charge in [-0.25, -0.2) is 4.79 Å². The zero-order chi connectivity index (χ0) is 23.6. The van der Waals surface area contributed by atoms with Gasteiger partial charge in [-0.05, 0) is 91.8 Å². The molecule has 3 amide bonds. The minimum Gasteiger partial charge on any atom is -0.497 e. The summed E-state index contributed by atoms with van der Waals surface area (Å²) in [5.74, 6) is 0.811. The first-order valence-corrected chi connectivity index (χ1v) is 11.8. The van der Waals surface area contributed by atoms with Crippen molar-refractivity contribution in [2.45, 2.75) is 64.2 Å². The molecule has 2 aliphatic rings. The Morgan fingerprint density at radius 3 is 2.55 bits per heavy atom. The van der Waals surface area contributed by atoms with Gasteiger partial charge in [-0.1, -0.05) is 24.3 Å². The molecule has 0 radical (unpaired) electrons. The molecule has 6 nitrogen and oxygen atoms in total. The number of ether oxygens (including phenoxy) is 2. The molecule has 2 aromatic rings. The van der Waals surface area contributed by atoms with Crippen LogP contribution in [-0.2, 0) is 16.0 Å². The first-order chi connectivity index (χ1) is 15.8. The number of hydrogen-bond donors (Lipinski definition) is 1. The van der Waals surface area contributed by atoms with Crippen molar-refractivity contribution in [1.29, 1.82) is 0 Å². The molecule has 1 fully saturated rings. The highest BCUT2D eigenvalue weighted by Gasteiger charge is 2.49. The second-order valence-electron chi connectivity index (χ2n) is 9.67. The first-order valence-electron chi connectivity index (χ1n) is 11.8. The average molecular weight is 451 g/mol. The third-order valence-electron chi connectivity index (χ3n) is 7.15. The van der Waals surface area contributed by atoms with Gasteiger partial charge in [-0.15, -0.1) is 0 Å². The van der Waals surface area contributed by atoms with E-state index >= 15 is 0 Å². The van der Waals surface area contributed by atoms with Crippen LogP contribution in [-0.4, -0.2) is 43.7 Å². The molecule has 33 heavy (non-hydrogen) atoms. The maximum Gasteiger partial charge on any atom is 0.324 e. The SMILES string of the molecule is COc1cccc(-c2ccc3c(c2)C(NC(=O)N(C)C=O)C2(CCC(OC(C)C)CC2)C3)c1. The Morgan fingerprint density at radius 2 is 1.88 bits per heavy atom. The van der Waals surface area contributed by atoms with Gasteiger partial charge in [0.2, 0.25) is 6.41 Å². The second-order valence-corrected chi connectivity index (χ2v) is 9.67. The van der Waals surface area contributed by atoms with Crippen LogP contribution in [0.15, 0.2) is 42.5 Å². The van der Waals surface area contributed by atoms with Gasteiger partial charge in [0.15, 0.2) is 0 Å². The first kappa shape index (κ1) is 23.3. The lowest BCUT2D eigenvalue weighted by molar-refractivity contribution is -0.114.